The average molecular weight is 408 g/mol. The molecular formula is C24H29N3OS. The Kier molecular flexibility index (Phi) is 7.42. The maximum atomic E-state index is 12.5. The molecule has 1 heterocycles. The number of thiazole rings is 1. The van der Waals surface area contributed by atoms with Gasteiger partial charge < -0.3 is 10.6 Å². The second kappa shape index (κ2) is 10.2. The van der Waals surface area contributed by atoms with Gasteiger partial charge in [0.25, 0.3) is 0 Å². The summed E-state index contributed by atoms with van der Waals surface area (Å²) in [5.74, 6) is 0.204. The van der Waals surface area contributed by atoms with E-state index >= 15 is 0 Å². The Hall–Kier alpha value is -2.66. The van der Waals surface area contributed by atoms with Crippen LogP contribution in [0.1, 0.15) is 45.1 Å². The van der Waals surface area contributed by atoms with Crippen molar-refractivity contribution in [2.75, 3.05) is 10.6 Å². The van der Waals surface area contributed by atoms with Crippen molar-refractivity contribution in [2.45, 2.75) is 46.5 Å². The summed E-state index contributed by atoms with van der Waals surface area (Å²) < 4.78 is 0. The molecule has 0 saturated heterocycles. The highest BCUT2D eigenvalue weighted by Crippen LogP contribution is 2.28. The van der Waals surface area contributed by atoms with Gasteiger partial charge in [0.1, 0.15) is 0 Å². The van der Waals surface area contributed by atoms with Crippen LogP contribution in [0, 0.1) is 12.8 Å². The van der Waals surface area contributed by atoms with Crippen LogP contribution in [0.25, 0.3) is 11.3 Å². The lowest BCUT2D eigenvalue weighted by Gasteiger charge is -2.14. The van der Waals surface area contributed by atoms with E-state index in [2.05, 4.69) is 60.7 Å². The quantitative estimate of drug-likeness (QED) is 0.401. The van der Waals surface area contributed by atoms with Crippen molar-refractivity contribution >= 4 is 33.8 Å². The molecule has 0 spiro atoms. The summed E-state index contributed by atoms with van der Waals surface area (Å²) >= 11 is 1.58. The molecule has 0 fully saturated rings. The Morgan fingerprint density at radius 2 is 1.72 bits per heavy atom. The Bertz CT molecular complexity index is 916. The van der Waals surface area contributed by atoms with Crippen molar-refractivity contribution < 1.29 is 4.79 Å². The van der Waals surface area contributed by atoms with Crippen LogP contribution in [-0.2, 0) is 4.79 Å². The minimum Gasteiger partial charge on any atom is -0.332 e. The van der Waals surface area contributed by atoms with E-state index in [1.54, 1.807) is 11.3 Å². The molecule has 2 N–H and O–H groups in total. The van der Waals surface area contributed by atoms with Crippen LogP contribution in [-0.4, -0.2) is 10.9 Å². The van der Waals surface area contributed by atoms with Crippen LogP contribution >= 0.6 is 11.3 Å². The number of carbonyl (C=O) groups is 1. The van der Waals surface area contributed by atoms with Gasteiger partial charge in [0.15, 0.2) is 5.13 Å². The van der Waals surface area contributed by atoms with E-state index in [1.165, 1.54) is 5.56 Å². The molecule has 1 unspecified atom stereocenters. The number of aryl methyl sites for hydroxylation is 1. The first kappa shape index (κ1) is 21.1. The first-order valence-corrected chi connectivity index (χ1v) is 11.2. The van der Waals surface area contributed by atoms with Crippen molar-refractivity contribution in [1.82, 2.24) is 4.98 Å². The van der Waals surface area contributed by atoms with E-state index < -0.39 is 0 Å². The molecule has 1 amide bonds. The lowest BCUT2D eigenvalue weighted by atomic mass is 9.98. The zero-order valence-corrected chi connectivity index (χ0v) is 18.2. The van der Waals surface area contributed by atoms with E-state index in [9.17, 15) is 4.79 Å². The number of unbranched alkanes of at least 4 members (excludes halogenated alkanes) is 1. The number of hydrogen-bond acceptors (Lipinski definition) is 4. The SMILES string of the molecule is CCCCC(CC)C(=O)Nc1ccc(-c2csc(Nc3ccc(C)cc3)n2)cc1. The molecule has 1 aromatic heterocycles. The van der Waals surface area contributed by atoms with Crippen molar-refractivity contribution in [3.8, 4) is 11.3 Å². The van der Waals surface area contributed by atoms with E-state index in [1.807, 2.05) is 29.6 Å². The molecule has 0 aliphatic rings. The number of rotatable bonds is 9. The number of amides is 1. The summed E-state index contributed by atoms with van der Waals surface area (Å²) in [6, 6.07) is 16.2. The Morgan fingerprint density at radius 3 is 2.38 bits per heavy atom. The monoisotopic (exact) mass is 407 g/mol. The van der Waals surface area contributed by atoms with Crippen LogP contribution < -0.4 is 10.6 Å². The standard InChI is InChI=1S/C24H29N3OS/c1-4-6-7-18(5-2)23(28)25-20-14-10-19(11-15-20)22-16-29-24(27-22)26-21-12-8-17(3)9-13-21/h8-16,18H,4-7H2,1-3H3,(H,25,28)(H,26,27). The molecule has 0 saturated carbocycles. The second-order valence-electron chi connectivity index (χ2n) is 7.34. The lowest BCUT2D eigenvalue weighted by Crippen LogP contribution is -2.22. The minimum absolute atomic E-state index is 0.0866. The van der Waals surface area contributed by atoms with E-state index in [-0.39, 0.29) is 11.8 Å². The Labute approximate surface area is 177 Å². The summed E-state index contributed by atoms with van der Waals surface area (Å²) in [5.41, 5.74) is 5.06. The fourth-order valence-corrected chi connectivity index (χ4v) is 3.90. The van der Waals surface area contributed by atoms with Crippen LogP contribution in [0.2, 0.25) is 0 Å². The molecule has 5 heteroatoms. The fourth-order valence-electron chi connectivity index (χ4n) is 3.16. The van der Waals surface area contributed by atoms with E-state index in [0.717, 1.165) is 53.4 Å². The van der Waals surface area contributed by atoms with Crippen LogP contribution in [0.5, 0.6) is 0 Å². The molecular weight excluding hydrogens is 378 g/mol. The largest absolute Gasteiger partial charge is 0.332 e. The fraction of sp³-hybridized carbons (Fsp3) is 0.333. The Morgan fingerprint density at radius 1 is 1.03 bits per heavy atom. The maximum absolute atomic E-state index is 12.5. The number of nitrogens with zero attached hydrogens (tertiary/aromatic N) is 1. The third kappa shape index (κ3) is 5.91. The van der Waals surface area contributed by atoms with Crippen molar-refractivity contribution in [2.24, 2.45) is 5.92 Å². The highest BCUT2D eigenvalue weighted by Gasteiger charge is 2.16. The van der Waals surface area contributed by atoms with Gasteiger partial charge in [0.05, 0.1) is 5.69 Å². The first-order chi connectivity index (χ1) is 14.1. The van der Waals surface area contributed by atoms with E-state index in [0.29, 0.717) is 0 Å². The molecule has 0 radical (unpaired) electrons. The summed E-state index contributed by atoms with van der Waals surface area (Å²) in [6.45, 7) is 6.31. The highest BCUT2D eigenvalue weighted by molar-refractivity contribution is 7.14. The van der Waals surface area contributed by atoms with Gasteiger partial charge in [-0.25, -0.2) is 4.98 Å². The summed E-state index contributed by atoms with van der Waals surface area (Å²) in [7, 11) is 0. The molecule has 0 aliphatic carbocycles. The van der Waals surface area contributed by atoms with Gasteiger partial charge in [0, 0.05) is 28.2 Å². The Balaban J connectivity index is 1.62. The minimum atomic E-state index is 0.0866. The van der Waals surface area contributed by atoms with Gasteiger partial charge in [-0.3, -0.25) is 4.79 Å². The first-order valence-electron chi connectivity index (χ1n) is 10.3. The summed E-state index contributed by atoms with van der Waals surface area (Å²) in [5, 5.41) is 9.31. The zero-order valence-electron chi connectivity index (χ0n) is 17.4. The third-order valence-corrected chi connectivity index (χ3v) is 5.78. The topological polar surface area (TPSA) is 54.0 Å². The van der Waals surface area contributed by atoms with Gasteiger partial charge in [-0.2, -0.15) is 0 Å². The zero-order chi connectivity index (χ0) is 20.6. The number of hydrogen-bond donors (Lipinski definition) is 2. The normalized spacial score (nSPS) is 11.8. The van der Waals surface area contributed by atoms with Gasteiger partial charge in [0.2, 0.25) is 5.91 Å². The number of carbonyl (C=O) groups excluding carboxylic acids is 1. The molecule has 0 bridgehead atoms. The van der Waals surface area contributed by atoms with Crippen molar-refractivity contribution in [3.05, 3.63) is 59.5 Å². The van der Waals surface area contributed by atoms with Crippen molar-refractivity contribution in [3.63, 3.8) is 0 Å². The molecule has 2 aromatic carbocycles. The highest BCUT2D eigenvalue weighted by atomic mass is 32.1. The maximum Gasteiger partial charge on any atom is 0.227 e. The molecule has 152 valence electrons. The second-order valence-corrected chi connectivity index (χ2v) is 8.20. The molecule has 1 atom stereocenters. The van der Waals surface area contributed by atoms with Crippen LogP contribution in [0.3, 0.4) is 0 Å². The van der Waals surface area contributed by atoms with Gasteiger partial charge in [-0.15, -0.1) is 11.3 Å². The third-order valence-electron chi connectivity index (χ3n) is 5.02. The van der Waals surface area contributed by atoms with E-state index in [4.69, 9.17) is 0 Å². The molecule has 29 heavy (non-hydrogen) atoms. The summed E-state index contributed by atoms with van der Waals surface area (Å²) in [6.07, 6.45) is 4.03. The van der Waals surface area contributed by atoms with Crippen LogP contribution in [0.15, 0.2) is 53.9 Å². The average Bonchev–Trinajstić information content (AvgIpc) is 3.19. The van der Waals surface area contributed by atoms with Crippen molar-refractivity contribution in [1.29, 1.82) is 0 Å². The van der Waals surface area contributed by atoms with Crippen LogP contribution in [0.4, 0.5) is 16.5 Å². The van der Waals surface area contributed by atoms with Gasteiger partial charge in [-0.05, 0) is 44.0 Å². The molecule has 0 aliphatic heterocycles. The smallest absolute Gasteiger partial charge is 0.227 e. The predicted octanol–water partition coefficient (Wildman–Crippen LogP) is 7.02. The number of benzene rings is 2. The predicted molar refractivity (Wildman–Crippen MR) is 124 cm³/mol. The molecule has 3 aromatic rings. The molecule has 4 nitrogen and oxygen atoms in total. The van der Waals surface area contributed by atoms with Gasteiger partial charge in [-0.1, -0.05) is 56.5 Å². The number of aromatic nitrogens is 1. The number of anilines is 3. The lowest BCUT2D eigenvalue weighted by molar-refractivity contribution is -0.120. The summed E-state index contributed by atoms with van der Waals surface area (Å²) in [4.78, 5) is 17.2. The number of nitrogens with one attached hydrogen (secondary N) is 2. The van der Waals surface area contributed by atoms with Gasteiger partial charge >= 0.3 is 0 Å². The molecule has 3 rings (SSSR count).